The standard InChI is InChI=1S/C19H19N3O4/c1-11-15(19(25)26)6-7-16(20-11)18(24)21-14-5-8-17-13(10-14)4-3-9-22(17)12(2)23/h5-8,10H,3-4,9H2,1-2H3,(H,21,24)(H,25,26). The first-order valence-electron chi connectivity index (χ1n) is 8.30. The van der Waals surface area contributed by atoms with Gasteiger partial charge in [-0.05, 0) is 55.7 Å². The lowest BCUT2D eigenvalue weighted by Gasteiger charge is -2.28. The van der Waals surface area contributed by atoms with Crippen LogP contribution in [0.1, 0.15) is 45.4 Å². The van der Waals surface area contributed by atoms with E-state index in [0.29, 0.717) is 12.2 Å². The van der Waals surface area contributed by atoms with Crippen molar-refractivity contribution in [2.45, 2.75) is 26.7 Å². The minimum absolute atomic E-state index is 0.000862. The molecule has 0 aliphatic carbocycles. The minimum atomic E-state index is -1.08. The predicted octanol–water partition coefficient (Wildman–Crippen LogP) is 2.64. The summed E-state index contributed by atoms with van der Waals surface area (Å²) in [6, 6.07) is 8.20. The molecule has 3 rings (SSSR count). The van der Waals surface area contributed by atoms with Gasteiger partial charge in [-0.2, -0.15) is 0 Å². The van der Waals surface area contributed by atoms with Gasteiger partial charge in [0.15, 0.2) is 0 Å². The minimum Gasteiger partial charge on any atom is -0.478 e. The molecule has 0 bridgehead atoms. The summed E-state index contributed by atoms with van der Waals surface area (Å²) in [5, 5.41) is 11.8. The van der Waals surface area contributed by atoms with Crippen LogP contribution in [0.2, 0.25) is 0 Å². The van der Waals surface area contributed by atoms with Crippen molar-refractivity contribution >= 4 is 29.2 Å². The molecule has 0 saturated heterocycles. The fraction of sp³-hybridized carbons (Fsp3) is 0.263. The number of nitrogens with zero attached hydrogens (tertiary/aromatic N) is 2. The molecule has 0 unspecified atom stereocenters. The Bertz CT molecular complexity index is 908. The van der Waals surface area contributed by atoms with Gasteiger partial charge >= 0.3 is 5.97 Å². The summed E-state index contributed by atoms with van der Waals surface area (Å²) < 4.78 is 0. The van der Waals surface area contributed by atoms with E-state index in [2.05, 4.69) is 10.3 Å². The molecule has 1 aliphatic heterocycles. The van der Waals surface area contributed by atoms with Crippen LogP contribution in [-0.4, -0.2) is 34.4 Å². The molecule has 1 aromatic carbocycles. The lowest BCUT2D eigenvalue weighted by molar-refractivity contribution is -0.116. The molecule has 0 saturated carbocycles. The first-order valence-corrected chi connectivity index (χ1v) is 8.30. The number of fused-ring (bicyclic) bond motifs is 1. The number of anilines is 2. The third kappa shape index (κ3) is 3.42. The van der Waals surface area contributed by atoms with Gasteiger partial charge in [0.25, 0.3) is 5.91 Å². The van der Waals surface area contributed by atoms with Crippen molar-refractivity contribution in [3.05, 3.63) is 52.8 Å². The molecule has 2 heterocycles. The maximum atomic E-state index is 12.4. The number of amides is 2. The molecule has 134 valence electrons. The number of hydrogen-bond acceptors (Lipinski definition) is 4. The Labute approximate surface area is 150 Å². The van der Waals surface area contributed by atoms with Gasteiger partial charge in [-0.15, -0.1) is 0 Å². The quantitative estimate of drug-likeness (QED) is 0.884. The Morgan fingerprint density at radius 2 is 1.96 bits per heavy atom. The molecule has 2 aromatic rings. The summed E-state index contributed by atoms with van der Waals surface area (Å²) in [7, 11) is 0. The third-order valence-corrected chi connectivity index (χ3v) is 4.38. The number of aryl methyl sites for hydroxylation is 2. The Kier molecular flexibility index (Phi) is 4.71. The molecule has 0 radical (unpaired) electrons. The number of hydrogen-bond donors (Lipinski definition) is 2. The summed E-state index contributed by atoms with van der Waals surface area (Å²) >= 11 is 0. The number of rotatable bonds is 3. The van der Waals surface area contributed by atoms with E-state index in [9.17, 15) is 14.4 Å². The highest BCUT2D eigenvalue weighted by Crippen LogP contribution is 2.29. The highest BCUT2D eigenvalue weighted by atomic mass is 16.4. The smallest absolute Gasteiger partial charge is 0.337 e. The molecule has 1 aromatic heterocycles. The second-order valence-electron chi connectivity index (χ2n) is 6.21. The van der Waals surface area contributed by atoms with Crippen molar-refractivity contribution in [2.24, 2.45) is 0 Å². The number of aromatic nitrogens is 1. The van der Waals surface area contributed by atoms with E-state index in [0.717, 1.165) is 24.1 Å². The van der Waals surface area contributed by atoms with Crippen molar-refractivity contribution in [3.63, 3.8) is 0 Å². The molecule has 7 nitrogen and oxygen atoms in total. The number of pyridine rings is 1. The van der Waals surface area contributed by atoms with Crippen LogP contribution < -0.4 is 10.2 Å². The number of carbonyl (C=O) groups is 3. The first kappa shape index (κ1) is 17.6. The predicted molar refractivity (Wildman–Crippen MR) is 96.7 cm³/mol. The van der Waals surface area contributed by atoms with Crippen LogP contribution in [0.15, 0.2) is 30.3 Å². The van der Waals surface area contributed by atoms with Crippen molar-refractivity contribution in [1.82, 2.24) is 4.98 Å². The number of carboxylic acid groups (broad SMARTS) is 1. The summed E-state index contributed by atoms with van der Waals surface area (Å²) in [4.78, 5) is 41.0. The Morgan fingerprint density at radius 1 is 1.19 bits per heavy atom. The maximum Gasteiger partial charge on any atom is 0.337 e. The molecular formula is C19H19N3O4. The van der Waals surface area contributed by atoms with E-state index in [-0.39, 0.29) is 22.9 Å². The van der Waals surface area contributed by atoms with Crippen LogP contribution in [0.25, 0.3) is 0 Å². The van der Waals surface area contributed by atoms with Crippen molar-refractivity contribution < 1.29 is 19.5 Å². The highest BCUT2D eigenvalue weighted by Gasteiger charge is 2.20. The van der Waals surface area contributed by atoms with Gasteiger partial charge in [0, 0.05) is 24.8 Å². The molecule has 0 spiro atoms. The molecule has 1 aliphatic rings. The molecule has 2 amide bonds. The molecule has 7 heteroatoms. The van der Waals surface area contributed by atoms with Gasteiger partial charge in [0.1, 0.15) is 5.69 Å². The lowest BCUT2D eigenvalue weighted by atomic mass is 10.0. The average molecular weight is 353 g/mol. The fourth-order valence-electron chi connectivity index (χ4n) is 3.11. The van der Waals surface area contributed by atoms with Crippen LogP contribution in [0.3, 0.4) is 0 Å². The number of nitrogens with one attached hydrogen (secondary N) is 1. The van der Waals surface area contributed by atoms with E-state index < -0.39 is 11.9 Å². The van der Waals surface area contributed by atoms with Crippen LogP contribution in [0.5, 0.6) is 0 Å². The normalized spacial score (nSPS) is 13.1. The summed E-state index contributed by atoms with van der Waals surface area (Å²) in [6.45, 7) is 3.79. The zero-order valence-corrected chi connectivity index (χ0v) is 14.6. The Balaban J connectivity index is 1.81. The number of aromatic carboxylic acids is 1. The largest absolute Gasteiger partial charge is 0.478 e. The van der Waals surface area contributed by atoms with Gasteiger partial charge in [-0.1, -0.05) is 0 Å². The van der Waals surface area contributed by atoms with Crippen LogP contribution in [-0.2, 0) is 11.2 Å². The SMILES string of the molecule is CC(=O)N1CCCc2cc(NC(=O)c3ccc(C(=O)O)c(C)n3)ccc21. The van der Waals surface area contributed by atoms with E-state index in [1.54, 1.807) is 24.8 Å². The van der Waals surface area contributed by atoms with Crippen LogP contribution in [0, 0.1) is 6.92 Å². The Hall–Kier alpha value is -3.22. The number of benzene rings is 1. The summed E-state index contributed by atoms with van der Waals surface area (Å²) in [5.41, 5.74) is 3.00. The van der Waals surface area contributed by atoms with Crippen molar-refractivity contribution in [2.75, 3.05) is 16.8 Å². The number of carboxylic acids is 1. The van der Waals surface area contributed by atoms with Gasteiger partial charge in [-0.25, -0.2) is 9.78 Å². The summed E-state index contributed by atoms with van der Waals surface area (Å²) in [5.74, 6) is -1.49. The first-order chi connectivity index (χ1) is 12.4. The zero-order valence-electron chi connectivity index (χ0n) is 14.6. The van der Waals surface area contributed by atoms with Gasteiger partial charge < -0.3 is 15.3 Å². The zero-order chi connectivity index (χ0) is 18.8. The monoisotopic (exact) mass is 353 g/mol. The topological polar surface area (TPSA) is 99.6 Å². The van der Waals surface area contributed by atoms with E-state index in [1.807, 2.05) is 12.1 Å². The molecule has 0 atom stereocenters. The van der Waals surface area contributed by atoms with E-state index in [4.69, 9.17) is 5.11 Å². The van der Waals surface area contributed by atoms with E-state index in [1.165, 1.54) is 12.1 Å². The number of carbonyl (C=O) groups excluding carboxylic acids is 2. The van der Waals surface area contributed by atoms with Crippen molar-refractivity contribution in [1.29, 1.82) is 0 Å². The van der Waals surface area contributed by atoms with Crippen molar-refractivity contribution in [3.8, 4) is 0 Å². The highest BCUT2D eigenvalue weighted by molar-refractivity contribution is 6.03. The molecule has 26 heavy (non-hydrogen) atoms. The average Bonchev–Trinajstić information content (AvgIpc) is 2.60. The summed E-state index contributed by atoms with van der Waals surface area (Å²) in [6.07, 6.45) is 1.72. The van der Waals surface area contributed by atoms with E-state index >= 15 is 0 Å². The van der Waals surface area contributed by atoms with Crippen LogP contribution >= 0.6 is 0 Å². The lowest BCUT2D eigenvalue weighted by Crippen LogP contribution is -2.33. The second-order valence-corrected chi connectivity index (χ2v) is 6.21. The molecular weight excluding hydrogens is 334 g/mol. The molecule has 2 N–H and O–H groups in total. The third-order valence-electron chi connectivity index (χ3n) is 4.38. The van der Waals surface area contributed by atoms with Gasteiger partial charge in [-0.3, -0.25) is 9.59 Å². The maximum absolute atomic E-state index is 12.4. The molecule has 0 fully saturated rings. The second kappa shape index (κ2) is 6.95. The van der Waals surface area contributed by atoms with Gasteiger partial charge in [0.2, 0.25) is 5.91 Å². The Morgan fingerprint density at radius 3 is 2.62 bits per heavy atom. The fourth-order valence-corrected chi connectivity index (χ4v) is 3.11. The van der Waals surface area contributed by atoms with Crippen LogP contribution in [0.4, 0.5) is 11.4 Å². The van der Waals surface area contributed by atoms with Gasteiger partial charge in [0.05, 0.1) is 11.3 Å².